The summed E-state index contributed by atoms with van der Waals surface area (Å²) >= 11 is 0. The van der Waals surface area contributed by atoms with Crippen molar-refractivity contribution in [3.63, 3.8) is 0 Å². The molecule has 0 saturated carbocycles. The largest absolute Gasteiger partial charge is 0.348 e. The van der Waals surface area contributed by atoms with Crippen molar-refractivity contribution in [3.8, 4) is 0 Å². The third kappa shape index (κ3) is 10.7. The number of ketones is 5. The molecule has 0 aliphatic rings. The van der Waals surface area contributed by atoms with E-state index >= 15 is 0 Å². The van der Waals surface area contributed by atoms with E-state index in [2.05, 4.69) is 4.90 Å². The van der Waals surface area contributed by atoms with E-state index in [0.717, 1.165) is 30.5 Å². The van der Waals surface area contributed by atoms with Gasteiger partial charge in [-0.15, -0.1) is 0 Å². The average Bonchev–Trinajstić information content (AvgIpc) is 3.37. The number of aromatic nitrogens is 2. The van der Waals surface area contributed by atoms with Gasteiger partial charge in [0, 0.05) is 71.4 Å². The van der Waals surface area contributed by atoms with Crippen molar-refractivity contribution in [2.24, 2.45) is 14.1 Å². The number of aryl methyl sites for hydroxylation is 2. The summed E-state index contributed by atoms with van der Waals surface area (Å²) in [7, 11) is 7.60. The molecule has 0 radical (unpaired) electrons. The molecule has 0 aromatic carbocycles. The fraction of sp³-hybridized carbons (Fsp3) is 0.567. The van der Waals surface area contributed by atoms with Gasteiger partial charge in [-0.1, -0.05) is 0 Å². The summed E-state index contributed by atoms with van der Waals surface area (Å²) in [6.45, 7) is 2.49. The Kier molecular flexibility index (Phi) is 12.5. The summed E-state index contributed by atoms with van der Waals surface area (Å²) < 4.78 is 3.47. The fourth-order valence-electron chi connectivity index (χ4n) is 4.59. The van der Waals surface area contributed by atoms with E-state index in [0.29, 0.717) is 56.3 Å². The van der Waals surface area contributed by atoms with E-state index in [1.54, 1.807) is 47.8 Å². The lowest BCUT2D eigenvalue weighted by molar-refractivity contribution is -0.120. The molecule has 0 aliphatic carbocycles. The molecule has 0 fully saturated rings. The predicted molar refractivity (Wildman–Crippen MR) is 148 cm³/mol. The smallest absolute Gasteiger partial charge is 0.183 e. The normalized spacial score (nSPS) is 11.2. The van der Waals surface area contributed by atoms with Crippen molar-refractivity contribution < 1.29 is 24.0 Å². The van der Waals surface area contributed by atoms with Gasteiger partial charge in [-0.3, -0.25) is 19.2 Å². The molecule has 2 aromatic rings. The van der Waals surface area contributed by atoms with E-state index in [4.69, 9.17) is 0 Å². The second kappa shape index (κ2) is 15.3. The monoisotopic (exact) mass is 525 g/mol. The molecule has 0 aliphatic heterocycles. The van der Waals surface area contributed by atoms with Gasteiger partial charge in [-0.05, 0) is 76.5 Å². The van der Waals surface area contributed by atoms with Crippen LogP contribution in [0.2, 0.25) is 0 Å². The summed E-state index contributed by atoms with van der Waals surface area (Å²) in [4.78, 5) is 63.2. The minimum absolute atomic E-state index is 0.0314. The first-order chi connectivity index (χ1) is 18.0. The molecule has 8 heteroatoms. The number of unbranched alkanes of at least 4 members (excludes halogenated alkanes) is 1. The molecule has 0 atom stereocenters. The van der Waals surface area contributed by atoms with Gasteiger partial charge >= 0.3 is 0 Å². The predicted octanol–water partition coefficient (Wildman–Crippen LogP) is 4.31. The molecule has 0 N–H and O–H groups in total. The SMILES string of the molecule is CC(=O)CCCC(=O)Cc1cc(C(=O)Cc2cc(C(=O)CCCC(=O)CCCCN(C)C)n(C)c2)n(C)c1. The minimum atomic E-state index is -0.0905. The minimum Gasteiger partial charge on any atom is -0.348 e. The Morgan fingerprint density at radius 2 is 1.18 bits per heavy atom. The fourth-order valence-corrected chi connectivity index (χ4v) is 4.59. The first kappa shape index (κ1) is 31.1. The van der Waals surface area contributed by atoms with Gasteiger partial charge in [-0.2, -0.15) is 0 Å². The number of nitrogens with zero attached hydrogens (tertiary/aromatic N) is 3. The van der Waals surface area contributed by atoms with Gasteiger partial charge in [0.15, 0.2) is 11.6 Å². The molecule has 2 rings (SSSR count). The zero-order valence-electron chi connectivity index (χ0n) is 23.7. The molecular weight excluding hydrogens is 482 g/mol. The number of carbonyl (C=O) groups excluding carboxylic acids is 5. The molecule has 0 saturated heterocycles. The zero-order valence-corrected chi connectivity index (χ0v) is 23.7. The van der Waals surface area contributed by atoms with Crippen LogP contribution >= 0.6 is 0 Å². The Bertz CT molecular complexity index is 1140. The number of carbonyl (C=O) groups is 5. The van der Waals surface area contributed by atoms with Crippen LogP contribution in [0, 0.1) is 0 Å². The van der Waals surface area contributed by atoms with Gasteiger partial charge in [0.2, 0.25) is 0 Å². The quantitative estimate of drug-likeness (QED) is 0.200. The maximum atomic E-state index is 13.0. The zero-order chi connectivity index (χ0) is 28.2. The van der Waals surface area contributed by atoms with Crippen molar-refractivity contribution in [1.82, 2.24) is 14.0 Å². The summed E-state index contributed by atoms with van der Waals surface area (Å²) in [5.41, 5.74) is 2.58. The summed E-state index contributed by atoms with van der Waals surface area (Å²) in [5.74, 6) is 0.207. The van der Waals surface area contributed by atoms with E-state index in [-0.39, 0.29) is 41.8 Å². The van der Waals surface area contributed by atoms with Gasteiger partial charge in [-0.25, -0.2) is 0 Å². The van der Waals surface area contributed by atoms with E-state index in [1.165, 1.54) is 6.92 Å². The molecule has 0 amide bonds. The van der Waals surface area contributed by atoms with E-state index in [1.807, 2.05) is 14.1 Å². The molecule has 8 nitrogen and oxygen atoms in total. The van der Waals surface area contributed by atoms with Crippen LogP contribution in [0.4, 0.5) is 0 Å². The van der Waals surface area contributed by atoms with E-state index in [9.17, 15) is 24.0 Å². The standard InChI is InChI=1S/C30H43N3O5/c1-22(34)10-8-13-26(36)16-23-17-28(33(5)20-23)30(38)19-24-18-27(32(4)21-24)29(37)14-9-12-25(35)11-6-7-15-31(2)3/h17-18,20-21H,6-16,19H2,1-5H3. The van der Waals surface area contributed by atoms with Crippen LogP contribution < -0.4 is 0 Å². The highest BCUT2D eigenvalue weighted by atomic mass is 16.1. The Morgan fingerprint density at radius 3 is 1.79 bits per heavy atom. The topological polar surface area (TPSA) is 98.4 Å². The van der Waals surface area contributed by atoms with Crippen LogP contribution in [-0.2, 0) is 41.3 Å². The molecule has 2 heterocycles. The van der Waals surface area contributed by atoms with Crippen LogP contribution in [0.5, 0.6) is 0 Å². The molecule has 208 valence electrons. The number of rotatable bonds is 19. The number of Topliss-reactive ketones (excluding diaryl/α,β-unsaturated/α-hetero) is 5. The number of hydrogen-bond acceptors (Lipinski definition) is 6. The van der Waals surface area contributed by atoms with Crippen molar-refractivity contribution in [3.05, 3.63) is 47.0 Å². The Morgan fingerprint density at radius 1 is 0.658 bits per heavy atom. The highest BCUT2D eigenvalue weighted by molar-refractivity contribution is 5.98. The highest BCUT2D eigenvalue weighted by Crippen LogP contribution is 2.17. The Hall–Kier alpha value is -3.13. The Labute approximate surface area is 226 Å². The lowest BCUT2D eigenvalue weighted by Crippen LogP contribution is -2.13. The third-order valence-corrected chi connectivity index (χ3v) is 6.62. The molecule has 0 spiro atoms. The van der Waals surface area contributed by atoms with Crippen molar-refractivity contribution in [2.45, 2.75) is 77.6 Å². The number of hydrogen-bond donors (Lipinski definition) is 0. The van der Waals surface area contributed by atoms with Gasteiger partial charge in [0.1, 0.15) is 17.3 Å². The van der Waals surface area contributed by atoms with E-state index < -0.39 is 0 Å². The molecule has 38 heavy (non-hydrogen) atoms. The van der Waals surface area contributed by atoms with Crippen LogP contribution in [0.3, 0.4) is 0 Å². The molecular formula is C30H43N3O5. The Balaban J connectivity index is 1.85. The second-order valence-electron chi connectivity index (χ2n) is 10.6. The van der Waals surface area contributed by atoms with Crippen molar-refractivity contribution in [2.75, 3.05) is 20.6 Å². The van der Waals surface area contributed by atoms with Gasteiger partial charge in [0.05, 0.1) is 11.4 Å². The lowest BCUT2D eigenvalue weighted by atomic mass is 10.0. The third-order valence-electron chi connectivity index (χ3n) is 6.62. The van der Waals surface area contributed by atoms with Crippen LogP contribution in [0.15, 0.2) is 24.5 Å². The first-order valence-corrected chi connectivity index (χ1v) is 13.5. The average molecular weight is 526 g/mol. The van der Waals surface area contributed by atoms with Crippen LogP contribution in [-0.4, -0.2) is 63.6 Å². The maximum Gasteiger partial charge on any atom is 0.183 e. The van der Waals surface area contributed by atoms with Crippen molar-refractivity contribution in [1.29, 1.82) is 0 Å². The highest BCUT2D eigenvalue weighted by Gasteiger charge is 2.18. The summed E-state index contributed by atoms with van der Waals surface area (Å²) in [5, 5.41) is 0. The molecule has 0 unspecified atom stereocenters. The summed E-state index contributed by atoms with van der Waals surface area (Å²) in [6, 6.07) is 3.50. The second-order valence-corrected chi connectivity index (χ2v) is 10.6. The van der Waals surface area contributed by atoms with Crippen LogP contribution in [0.25, 0.3) is 0 Å². The van der Waals surface area contributed by atoms with Gasteiger partial charge < -0.3 is 18.8 Å². The molecule has 2 aromatic heterocycles. The van der Waals surface area contributed by atoms with Crippen molar-refractivity contribution >= 4 is 28.9 Å². The lowest BCUT2D eigenvalue weighted by Gasteiger charge is -2.08. The summed E-state index contributed by atoms with van der Waals surface area (Å²) in [6.07, 6.45) is 8.96. The van der Waals surface area contributed by atoms with Gasteiger partial charge in [0.25, 0.3) is 0 Å². The van der Waals surface area contributed by atoms with Crippen LogP contribution in [0.1, 0.15) is 96.8 Å². The maximum absolute atomic E-state index is 13.0. The molecule has 0 bridgehead atoms. The first-order valence-electron chi connectivity index (χ1n) is 13.5.